The van der Waals surface area contributed by atoms with E-state index >= 15 is 0 Å². The highest BCUT2D eigenvalue weighted by molar-refractivity contribution is 5.13. The van der Waals surface area contributed by atoms with Crippen molar-refractivity contribution in [3.63, 3.8) is 0 Å². The molecule has 1 aromatic rings. The van der Waals surface area contributed by atoms with Gasteiger partial charge in [-0.3, -0.25) is 0 Å². The van der Waals surface area contributed by atoms with Crippen LogP contribution in [0.1, 0.15) is 17.8 Å². The summed E-state index contributed by atoms with van der Waals surface area (Å²) in [5.74, 6) is -1.25. The van der Waals surface area contributed by atoms with Gasteiger partial charge in [0.05, 0.1) is 17.3 Å². The number of fused-ring (bicyclic) bond motifs is 1. The van der Waals surface area contributed by atoms with Gasteiger partial charge < -0.3 is 0 Å². The van der Waals surface area contributed by atoms with Crippen molar-refractivity contribution in [2.45, 2.75) is 25.4 Å². The number of hydrogen-bond acceptors (Lipinski definition) is 2. The van der Waals surface area contributed by atoms with Gasteiger partial charge >= 0.3 is 6.18 Å². The molecular weight excluding hydrogens is 183 g/mol. The summed E-state index contributed by atoms with van der Waals surface area (Å²) in [6.07, 6.45) is -3.63. The first kappa shape index (κ1) is 8.52. The van der Waals surface area contributed by atoms with Crippen LogP contribution in [0.5, 0.6) is 0 Å². The standard InChI is InChI=1S/C7H8F3N3/c8-7(9,10)4-1-2-5-6(3-4)12-13-11-5/h4H,1-3H2,(H,11,12,13). The van der Waals surface area contributed by atoms with Gasteiger partial charge in [0.2, 0.25) is 0 Å². The van der Waals surface area contributed by atoms with Gasteiger partial charge in [-0.2, -0.15) is 28.6 Å². The zero-order chi connectivity index (χ0) is 9.47. The Bertz CT molecular complexity index is 304. The number of alkyl halides is 3. The Hall–Kier alpha value is -1.07. The van der Waals surface area contributed by atoms with E-state index in [1.54, 1.807) is 0 Å². The summed E-state index contributed by atoms with van der Waals surface area (Å²) in [5.41, 5.74) is 1.15. The van der Waals surface area contributed by atoms with E-state index in [-0.39, 0.29) is 12.8 Å². The molecule has 1 heterocycles. The van der Waals surface area contributed by atoms with Gasteiger partial charge in [0.15, 0.2) is 0 Å². The van der Waals surface area contributed by atoms with Gasteiger partial charge in [0.1, 0.15) is 0 Å². The number of nitrogens with one attached hydrogen (secondary N) is 1. The van der Waals surface area contributed by atoms with E-state index in [1.165, 1.54) is 0 Å². The summed E-state index contributed by atoms with van der Waals surface area (Å²) >= 11 is 0. The molecule has 0 saturated heterocycles. The molecular formula is C7H8F3N3. The number of rotatable bonds is 0. The topological polar surface area (TPSA) is 41.6 Å². The second-order valence-electron chi connectivity index (χ2n) is 3.20. The summed E-state index contributed by atoms with van der Waals surface area (Å²) < 4.78 is 36.8. The van der Waals surface area contributed by atoms with Crippen LogP contribution in [0.15, 0.2) is 0 Å². The molecule has 0 amide bonds. The highest BCUT2D eigenvalue weighted by atomic mass is 19.4. The summed E-state index contributed by atoms with van der Waals surface area (Å²) in [4.78, 5) is 0. The molecule has 3 nitrogen and oxygen atoms in total. The first-order chi connectivity index (χ1) is 6.07. The molecule has 0 radical (unpaired) electrons. The minimum atomic E-state index is -4.10. The minimum absolute atomic E-state index is 0.0324. The third-order valence-electron chi connectivity index (χ3n) is 2.34. The molecule has 0 aromatic carbocycles. The van der Waals surface area contributed by atoms with Gasteiger partial charge in [0, 0.05) is 6.42 Å². The molecule has 1 atom stereocenters. The first-order valence-corrected chi connectivity index (χ1v) is 4.02. The van der Waals surface area contributed by atoms with Crippen LogP contribution in [-0.2, 0) is 12.8 Å². The molecule has 1 aliphatic rings. The van der Waals surface area contributed by atoms with E-state index in [9.17, 15) is 13.2 Å². The molecule has 0 aliphatic heterocycles. The van der Waals surface area contributed by atoms with E-state index in [4.69, 9.17) is 0 Å². The lowest BCUT2D eigenvalue weighted by molar-refractivity contribution is -0.177. The predicted octanol–water partition coefficient (Wildman–Crippen LogP) is 1.47. The molecule has 0 saturated carbocycles. The predicted molar refractivity (Wildman–Crippen MR) is 38.0 cm³/mol. The second kappa shape index (κ2) is 2.71. The maximum atomic E-state index is 12.3. The van der Waals surface area contributed by atoms with Crippen molar-refractivity contribution < 1.29 is 13.2 Å². The maximum absolute atomic E-state index is 12.3. The van der Waals surface area contributed by atoms with E-state index in [0.717, 1.165) is 0 Å². The van der Waals surface area contributed by atoms with Crippen molar-refractivity contribution in [3.05, 3.63) is 11.4 Å². The summed E-state index contributed by atoms with van der Waals surface area (Å²) in [7, 11) is 0. The molecule has 0 bridgehead atoms. The van der Waals surface area contributed by atoms with Crippen LogP contribution < -0.4 is 0 Å². The third-order valence-corrected chi connectivity index (χ3v) is 2.34. The smallest absolute Gasteiger partial charge is 0.197 e. The lowest BCUT2D eigenvalue weighted by Crippen LogP contribution is -2.28. The highest BCUT2D eigenvalue weighted by Crippen LogP contribution is 2.35. The number of aromatic amines is 1. The molecule has 1 N–H and O–H groups in total. The summed E-state index contributed by atoms with van der Waals surface area (Å²) in [6.45, 7) is 0. The molecule has 1 aromatic heterocycles. The van der Waals surface area contributed by atoms with E-state index < -0.39 is 12.1 Å². The van der Waals surface area contributed by atoms with E-state index in [0.29, 0.717) is 17.8 Å². The fourth-order valence-corrected chi connectivity index (χ4v) is 1.56. The Morgan fingerprint density at radius 1 is 1.23 bits per heavy atom. The molecule has 72 valence electrons. The average Bonchev–Trinajstić information content (AvgIpc) is 2.47. The Balaban J connectivity index is 2.18. The third kappa shape index (κ3) is 1.52. The van der Waals surface area contributed by atoms with Crippen LogP contribution in [0.2, 0.25) is 0 Å². The monoisotopic (exact) mass is 191 g/mol. The molecule has 1 aliphatic carbocycles. The quantitative estimate of drug-likeness (QED) is 0.674. The van der Waals surface area contributed by atoms with E-state index in [1.807, 2.05) is 0 Å². The van der Waals surface area contributed by atoms with Crippen molar-refractivity contribution in [2.24, 2.45) is 5.92 Å². The van der Waals surface area contributed by atoms with Crippen molar-refractivity contribution in [1.82, 2.24) is 15.4 Å². The van der Waals surface area contributed by atoms with Gasteiger partial charge in [0.25, 0.3) is 0 Å². The number of aryl methyl sites for hydroxylation is 1. The molecule has 0 fully saturated rings. The summed E-state index contributed by atoms with van der Waals surface area (Å²) in [5, 5.41) is 9.80. The lowest BCUT2D eigenvalue weighted by Gasteiger charge is -2.22. The summed E-state index contributed by atoms with van der Waals surface area (Å²) in [6, 6.07) is 0. The zero-order valence-electron chi connectivity index (χ0n) is 6.73. The van der Waals surface area contributed by atoms with Crippen LogP contribution in [-0.4, -0.2) is 21.6 Å². The lowest BCUT2D eigenvalue weighted by atomic mass is 9.89. The van der Waals surface area contributed by atoms with Crippen LogP contribution in [0.25, 0.3) is 0 Å². The van der Waals surface area contributed by atoms with Gasteiger partial charge in [-0.25, -0.2) is 0 Å². The fraction of sp³-hybridized carbons (Fsp3) is 0.714. The van der Waals surface area contributed by atoms with Crippen molar-refractivity contribution in [2.75, 3.05) is 0 Å². The second-order valence-corrected chi connectivity index (χ2v) is 3.20. The molecule has 0 spiro atoms. The SMILES string of the molecule is FC(F)(F)C1CCc2n[nH]nc2C1. The first-order valence-electron chi connectivity index (χ1n) is 4.02. The fourth-order valence-electron chi connectivity index (χ4n) is 1.56. The zero-order valence-corrected chi connectivity index (χ0v) is 6.73. The maximum Gasteiger partial charge on any atom is 0.392 e. The number of halogens is 3. The largest absolute Gasteiger partial charge is 0.392 e. The number of hydrogen-bond donors (Lipinski definition) is 1. The van der Waals surface area contributed by atoms with Crippen LogP contribution >= 0.6 is 0 Å². The Kier molecular flexibility index (Phi) is 1.78. The highest BCUT2D eigenvalue weighted by Gasteiger charge is 2.42. The molecule has 2 rings (SSSR count). The Morgan fingerprint density at radius 2 is 1.92 bits per heavy atom. The van der Waals surface area contributed by atoms with Gasteiger partial charge in [-0.05, 0) is 12.8 Å². The molecule has 13 heavy (non-hydrogen) atoms. The Morgan fingerprint density at radius 3 is 2.62 bits per heavy atom. The van der Waals surface area contributed by atoms with Crippen LogP contribution in [0.4, 0.5) is 13.2 Å². The normalized spacial score (nSPS) is 22.8. The van der Waals surface area contributed by atoms with Crippen LogP contribution in [0, 0.1) is 5.92 Å². The number of nitrogens with zero attached hydrogens (tertiary/aromatic N) is 2. The minimum Gasteiger partial charge on any atom is -0.197 e. The van der Waals surface area contributed by atoms with Crippen LogP contribution in [0.3, 0.4) is 0 Å². The van der Waals surface area contributed by atoms with E-state index in [2.05, 4.69) is 15.4 Å². The number of H-pyrrole nitrogens is 1. The van der Waals surface area contributed by atoms with Crippen molar-refractivity contribution in [1.29, 1.82) is 0 Å². The van der Waals surface area contributed by atoms with Crippen molar-refractivity contribution >= 4 is 0 Å². The van der Waals surface area contributed by atoms with Gasteiger partial charge in [-0.15, -0.1) is 0 Å². The molecule has 6 heteroatoms. The molecule has 1 unspecified atom stereocenters. The number of aromatic nitrogens is 3. The van der Waals surface area contributed by atoms with Crippen molar-refractivity contribution in [3.8, 4) is 0 Å². The average molecular weight is 191 g/mol. The Labute approximate surface area is 72.3 Å². The van der Waals surface area contributed by atoms with Gasteiger partial charge in [-0.1, -0.05) is 0 Å².